The van der Waals surface area contributed by atoms with E-state index in [0.29, 0.717) is 12.3 Å². The highest BCUT2D eigenvalue weighted by Crippen LogP contribution is 2.25. The molecule has 1 fully saturated rings. The number of nitrogens with one attached hydrogen (secondary N) is 1. The number of fused-ring (bicyclic) bond motifs is 1. The van der Waals surface area contributed by atoms with E-state index in [2.05, 4.69) is 11.9 Å². The van der Waals surface area contributed by atoms with Crippen molar-refractivity contribution < 1.29 is 9.18 Å². The number of aromatic nitrogens is 1. The molecule has 1 unspecified atom stereocenters. The van der Waals surface area contributed by atoms with Crippen LogP contribution >= 0.6 is 0 Å². The molecule has 2 heterocycles. The predicted molar refractivity (Wildman–Crippen MR) is 81.7 cm³/mol. The molecule has 0 bridgehead atoms. The highest BCUT2D eigenvalue weighted by molar-refractivity contribution is 5.90. The molecule has 1 aliphatic rings. The topological polar surface area (TPSA) is 36.1 Å². The molecule has 4 heteroatoms. The zero-order valence-corrected chi connectivity index (χ0v) is 12.6. The van der Waals surface area contributed by atoms with E-state index in [1.54, 1.807) is 6.07 Å². The maximum Gasteiger partial charge on any atom is 0.227 e. The van der Waals surface area contributed by atoms with Gasteiger partial charge in [0, 0.05) is 29.7 Å². The molecule has 0 spiro atoms. The average Bonchev–Trinajstić information content (AvgIpc) is 2.75. The quantitative estimate of drug-likeness (QED) is 0.903. The molecular weight excluding hydrogens is 267 g/mol. The van der Waals surface area contributed by atoms with Crippen LogP contribution in [-0.2, 0) is 11.2 Å². The normalized spacial score (nSPS) is 19.2. The molecular formula is C17H21FN2O. The number of H-pyrrole nitrogens is 1. The summed E-state index contributed by atoms with van der Waals surface area (Å²) in [4.78, 5) is 17.7. The molecule has 1 aromatic heterocycles. The van der Waals surface area contributed by atoms with E-state index in [4.69, 9.17) is 0 Å². The summed E-state index contributed by atoms with van der Waals surface area (Å²) in [5, 5.41) is 0.825. The monoisotopic (exact) mass is 288 g/mol. The maximum absolute atomic E-state index is 13.5. The second-order valence-corrected chi connectivity index (χ2v) is 6.18. The number of benzene rings is 1. The van der Waals surface area contributed by atoms with Crippen molar-refractivity contribution in [1.82, 2.24) is 9.88 Å². The molecule has 1 amide bonds. The molecule has 1 saturated heterocycles. The number of rotatable bonds is 2. The Morgan fingerprint density at radius 3 is 3.05 bits per heavy atom. The van der Waals surface area contributed by atoms with E-state index in [-0.39, 0.29) is 11.7 Å². The Bertz CT molecular complexity index is 677. The predicted octanol–water partition coefficient (Wildman–Crippen LogP) is 3.42. The summed E-state index contributed by atoms with van der Waals surface area (Å²) in [6.07, 6.45) is 2.62. The van der Waals surface area contributed by atoms with E-state index in [1.807, 2.05) is 11.8 Å². The van der Waals surface area contributed by atoms with Crippen molar-refractivity contribution in [2.75, 3.05) is 13.1 Å². The van der Waals surface area contributed by atoms with Crippen molar-refractivity contribution in [1.29, 1.82) is 0 Å². The van der Waals surface area contributed by atoms with Gasteiger partial charge in [-0.1, -0.05) is 6.92 Å². The first-order valence-electron chi connectivity index (χ1n) is 7.59. The molecule has 2 aromatic rings. The smallest absolute Gasteiger partial charge is 0.227 e. The van der Waals surface area contributed by atoms with E-state index in [0.717, 1.165) is 41.7 Å². The SMILES string of the molecule is Cc1[nH]c2ccc(F)cc2c1CC(=O)N1CCCC(C)C1. The lowest BCUT2D eigenvalue weighted by atomic mass is 9.99. The summed E-state index contributed by atoms with van der Waals surface area (Å²) in [6, 6.07) is 4.69. The van der Waals surface area contributed by atoms with Crippen molar-refractivity contribution in [3.8, 4) is 0 Å². The Balaban J connectivity index is 1.85. The largest absolute Gasteiger partial charge is 0.358 e. The summed E-state index contributed by atoms with van der Waals surface area (Å²) in [6.45, 7) is 5.82. The molecule has 21 heavy (non-hydrogen) atoms. The van der Waals surface area contributed by atoms with Crippen LogP contribution in [0.2, 0.25) is 0 Å². The zero-order valence-electron chi connectivity index (χ0n) is 12.6. The van der Waals surface area contributed by atoms with Crippen molar-refractivity contribution >= 4 is 16.8 Å². The lowest BCUT2D eigenvalue weighted by molar-refractivity contribution is -0.132. The van der Waals surface area contributed by atoms with Crippen molar-refractivity contribution in [2.45, 2.75) is 33.1 Å². The summed E-state index contributed by atoms with van der Waals surface area (Å²) in [5.74, 6) is 0.459. The second kappa shape index (κ2) is 5.51. The van der Waals surface area contributed by atoms with Gasteiger partial charge in [0.25, 0.3) is 0 Å². The van der Waals surface area contributed by atoms with Crippen LogP contribution in [0.1, 0.15) is 31.0 Å². The number of hydrogen-bond acceptors (Lipinski definition) is 1. The standard InChI is InChI=1S/C17H21FN2O/c1-11-4-3-7-20(10-11)17(21)9-14-12(2)19-16-6-5-13(18)8-15(14)16/h5-6,8,11,19H,3-4,7,9-10H2,1-2H3. The Labute approximate surface area is 124 Å². The van der Waals surface area contributed by atoms with Crippen LogP contribution in [-0.4, -0.2) is 28.9 Å². The molecule has 1 aliphatic heterocycles. The van der Waals surface area contributed by atoms with Gasteiger partial charge in [-0.25, -0.2) is 4.39 Å². The van der Waals surface area contributed by atoms with E-state index >= 15 is 0 Å². The molecule has 0 saturated carbocycles. The second-order valence-electron chi connectivity index (χ2n) is 6.18. The number of halogens is 1. The third kappa shape index (κ3) is 2.80. The summed E-state index contributed by atoms with van der Waals surface area (Å²) >= 11 is 0. The first kappa shape index (κ1) is 14.1. The van der Waals surface area contributed by atoms with Gasteiger partial charge >= 0.3 is 0 Å². The van der Waals surface area contributed by atoms with Gasteiger partial charge in [-0.2, -0.15) is 0 Å². The molecule has 3 nitrogen and oxygen atoms in total. The first-order chi connectivity index (χ1) is 10.0. The minimum atomic E-state index is -0.262. The summed E-state index contributed by atoms with van der Waals surface area (Å²) < 4.78 is 13.5. The highest BCUT2D eigenvalue weighted by atomic mass is 19.1. The van der Waals surface area contributed by atoms with Crippen LogP contribution in [0.5, 0.6) is 0 Å². The minimum Gasteiger partial charge on any atom is -0.358 e. The number of likely N-dealkylation sites (tertiary alicyclic amines) is 1. The van der Waals surface area contributed by atoms with Crippen molar-refractivity contribution in [2.24, 2.45) is 5.92 Å². The summed E-state index contributed by atoms with van der Waals surface area (Å²) in [5.41, 5.74) is 2.77. The molecule has 1 aromatic carbocycles. The Morgan fingerprint density at radius 1 is 1.48 bits per heavy atom. The fourth-order valence-electron chi connectivity index (χ4n) is 3.26. The number of nitrogens with zero attached hydrogens (tertiary/aromatic N) is 1. The fraction of sp³-hybridized carbons (Fsp3) is 0.471. The van der Waals surface area contributed by atoms with Crippen molar-refractivity contribution in [3.63, 3.8) is 0 Å². The van der Waals surface area contributed by atoms with Gasteiger partial charge in [-0.05, 0) is 49.4 Å². The molecule has 0 radical (unpaired) electrons. The Morgan fingerprint density at radius 2 is 2.29 bits per heavy atom. The van der Waals surface area contributed by atoms with Gasteiger partial charge in [0.15, 0.2) is 0 Å². The minimum absolute atomic E-state index is 0.148. The van der Waals surface area contributed by atoms with Gasteiger partial charge in [0.2, 0.25) is 5.91 Å². The van der Waals surface area contributed by atoms with Crippen LogP contribution in [0.15, 0.2) is 18.2 Å². The number of carbonyl (C=O) groups is 1. The third-order valence-corrected chi connectivity index (χ3v) is 4.42. The van der Waals surface area contributed by atoms with E-state index < -0.39 is 0 Å². The molecule has 0 aliphatic carbocycles. The molecule has 1 N–H and O–H groups in total. The van der Waals surface area contributed by atoms with Crippen LogP contribution in [0.4, 0.5) is 4.39 Å². The zero-order chi connectivity index (χ0) is 15.0. The highest BCUT2D eigenvalue weighted by Gasteiger charge is 2.22. The Hall–Kier alpha value is -1.84. The van der Waals surface area contributed by atoms with Gasteiger partial charge in [0.05, 0.1) is 6.42 Å². The number of carbonyl (C=O) groups excluding carboxylic acids is 1. The molecule has 3 rings (SSSR count). The molecule has 112 valence electrons. The fourth-order valence-corrected chi connectivity index (χ4v) is 3.26. The van der Waals surface area contributed by atoms with Crippen LogP contribution in [0.25, 0.3) is 10.9 Å². The van der Waals surface area contributed by atoms with E-state index in [1.165, 1.54) is 18.6 Å². The number of hydrogen-bond donors (Lipinski definition) is 1. The van der Waals surface area contributed by atoms with Crippen LogP contribution < -0.4 is 0 Å². The Kier molecular flexibility index (Phi) is 3.70. The first-order valence-corrected chi connectivity index (χ1v) is 7.59. The number of aromatic amines is 1. The summed E-state index contributed by atoms with van der Waals surface area (Å²) in [7, 11) is 0. The van der Waals surface area contributed by atoms with Gasteiger partial charge in [0.1, 0.15) is 5.82 Å². The average molecular weight is 288 g/mol. The van der Waals surface area contributed by atoms with E-state index in [9.17, 15) is 9.18 Å². The molecule has 1 atom stereocenters. The van der Waals surface area contributed by atoms with Crippen LogP contribution in [0, 0.1) is 18.7 Å². The lowest BCUT2D eigenvalue weighted by Crippen LogP contribution is -2.40. The van der Waals surface area contributed by atoms with Gasteiger partial charge in [-0.3, -0.25) is 4.79 Å². The van der Waals surface area contributed by atoms with Crippen molar-refractivity contribution in [3.05, 3.63) is 35.3 Å². The van der Waals surface area contributed by atoms with Crippen LogP contribution in [0.3, 0.4) is 0 Å². The maximum atomic E-state index is 13.5. The third-order valence-electron chi connectivity index (χ3n) is 4.42. The number of amides is 1. The number of piperidine rings is 1. The van der Waals surface area contributed by atoms with Gasteiger partial charge < -0.3 is 9.88 Å². The number of aryl methyl sites for hydroxylation is 1. The lowest BCUT2D eigenvalue weighted by Gasteiger charge is -2.31. The van der Waals surface area contributed by atoms with Gasteiger partial charge in [-0.15, -0.1) is 0 Å².